The number of aromatic nitrogens is 2. The van der Waals surface area contributed by atoms with E-state index in [0.29, 0.717) is 16.2 Å². The Balaban J connectivity index is 3.17. The molecule has 1 heterocycles. The molecule has 0 unspecified atom stereocenters. The van der Waals surface area contributed by atoms with Gasteiger partial charge in [0.15, 0.2) is 5.16 Å². The van der Waals surface area contributed by atoms with E-state index < -0.39 is 3.79 Å². The zero-order valence-electron chi connectivity index (χ0n) is 7.10. The Morgan fingerprint density at radius 1 is 1.43 bits per heavy atom. The van der Waals surface area contributed by atoms with Gasteiger partial charge in [-0.2, -0.15) is 0 Å². The number of rotatable bonds is 2. The normalized spacial score (nSPS) is 11.8. The van der Waals surface area contributed by atoms with Crippen LogP contribution in [0.2, 0.25) is 0 Å². The van der Waals surface area contributed by atoms with Crippen molar-refractivity contribution in [3.05, 3.63) is 17.5 Å². The number of hydrogen-bond donors (Lipinski definition) is 0. The van der Waals surface area contributed by atoms with Gasteiger partial charge >= 0.3 is 0 Å². The van der Waals surface area contributed by atoms with Gasteiger partial charge in [-0.1, -0.05) is 62.5 Å². The lowest BCUT2D eigenvalue weighted by atomic mass is 10.3. The van der Waals surface area contributed by atoms with Gasteiger partial charge in [-0.15, -0.1) is 0 Å². The minimum absolute atomic E-state index is 0.399. The molecule has 1 rings (SSSR count). The lowest BCUT2D eigenvalue weighted by molar-refractivity contribution is 0.875. The SMILES string of the molecule is CSc1nc(CBr)cc(C(Cl)(Cl)Cl)n1. The smallest absolute Gasteiger partial charge is 0.227 e. The third-order valence-electron chi connectivity index (χ3n) is 1.37. The topological polar surface area (TPSA) is 25.8 Å². The first kappa shape index (κ1) is 12.8. The Labute approximate surface area is 110 Å². The van der Waals surface area contributed by atoms with Crippen LogP contribution >= 0.6 is 62.5 Å². The lowest BCUT2D eigenvalue weighted by Gasteiger charge is -2.11. The maximum Gasteiger partial charge on any atom is 0.232 e. The van der Waals surface area contributed by atoms with E-state index in [-0.39, 0.29) is 0 Å². The van der Waals surface area contributed by atoms with Crippen LogP contribution in [0.4, 0.5) is 0 Å². The zero-order valence-corrected chi connectivity index (χ0v) is 11.8. The zero-order chi connectivity index (χ0) is 10.8. The van der Waals surface area contributed by atoms with Crippen LogP contribution in [0.25, 0.3) is 0 Å². The second-order valence-corrected chi connectivity index (χ2v) is 5.98. The fourth-order valence-electron chi connectivity index (χ4n) is 0.778. The predicted octanol–water partition coefficient (Wildman–Crippen LogP) is 3.92. The van der Waals surface area contributed by atoms with E-state index in [1.165, 1.54) is 11.8 Å². The van der Waals surface area contributed by atoms with Crippen molar-refractivity contribution >= 4 is 62.5 Å². The number of halogens is 4. The van der Waals surface area contributed by atoms with Crippen LogP contribution in [0.15, 0.2) is 11.2 Å². The summed E-state index contributed by atoms with van der Waals surface area (Å²) >= 11 is 21.9. The molecule has 78 valence electrons. The Bertz CT molecular complexity index is 307. The molecule has 0 N–H and O–H groups in total. The summed E-state index contributed by atoms with van der Waals surface area (Å²) in [6.45, 7) is 0. The first-order chi connectivity index (χ1) is 6.47. The molecule has 7 heteroatoms. The third-order valence-corrected chi connectivity index (χ3v) is 3.07. The lowest BCUT2D eigenvalue weighted by Crippen LogP contribution is -2.07. The molecule has 0 amide bonds. The average Bonchev–Trinajstić information content (AvgIpc) is 2.15. The second kappa shape index (κ2) is 5.21. The molecule has 0 aliphatic heterocycles. The number of hydrogen-bond acceptors (Lipinski definition) is 3. The van der Waals surface area contributed by atoms with Crippen LogP contribution in [0.3, 0.4) is 0 Å². The van der Waals surface area contributed by atoms with Crippen molar-refractivity contribution in [1.82, 2.24) is 9.97 Å². The molecule has 0 bridgehead atoms. The number of alkyl halides is 4. The number of thioether (sulfide) groups is 1. The van der Waals surface area contributed by atoms with Crippen molar-refractivity contribution in [2.24, 2.45) is 0 Å². The van der Waals surface area contributed by atoms with Gasteiger partial charge in [0.1, 0.15) is 0 Å². The van der Waals surface area contributed by atoms with Gasteiger partial charge in [-0.05, 0) is 12.3 Å². The highest BCUT2D eigenvalue weighted by Crippen LogP contribution is 2.37. The Kier molecular flexibility index (Phi) is 4.78. The van der Waals surface area contributed by atoms with E-state index in [4.69, 9.17) is 34.8 Å². The molecule has 0 spiro atoms. The van der Waals surface area contributed by atoms with Gasteiger partial charge in [-0.3, -0.25) is 0 Å². The standard InChI is InChI=1S/C7H6BrCl3N2S/c1-14-6-12-4(3-8)2-5(13-6)7(9,10)11/h2H,3H2,1H3. The Morgan fingerprint density at radius 3 is 2.50 bits per heavy atom. The summed E-state index contributed by atoms with van der Waals surface area (Å²) in [5.74, 6) is 0. The summed E-state index contributed by atoms with van der Waals surface area (Å²) < 4.78 is -1.50. The van der Waals surface area contributed by atoms with Crippen LogP contribution < -0.4 is 0 Å². The molecular weight excluding hydrogens is 330 g/mol. The maximum absolute atomic E-state index is 5.73. The highest BCUT2D eigenvalue weighted by Gasteiger charge is 2.25. The fraction of sp³-hybridized carbons (Fsp3) is 0.429. The highest BCUT2D eigenvalue weighted by molar-refractivity contribution is 9.08. The molecule has 0 saturated carbocycles. The molecule has 2 nitrogen and oxygen atoms in total. The molecule has 0 fully saturated rings. The molecule has 0 aliphatic rings. The highest BCUT2D eigenvalue weighted by atomic mass is 79.9. The van der Waals surface area contributed by atoms with Crippen LogP contribution in [0.1, 0.15) is 11.4 Å². The summed E-state index contributed by atoms with van der Waals surface area (Å²) in [5, 5.41) is 1.21. The number of nitrogens with zero attached hydrogens (tertiary/aromatic N) is 2. The quantitative estimate of drug-likeness (QED) is 0.465. The first-order valence-electron chi connectivity index (χ1n) is 3.52. The minimum Gasteiger partial charge on any atom is -0.227 e. The Morgan fingerprint density at radius 2 is 2.07 bits per heavy atom. The van der Waals surface area contributed by atoms with Crippen molar-refractivity contribution < 1.29 is 0 Å². The van der Waals surface area contributed by atoms with Crippen LogP contribution in [0.5, 0.6) is 0 Å². The van der Waals surface area contributed by atoms with E-state index in [0.717, 1.165) is 5.69 Å². The monoisotopic (exact) mass is 334 g/mol. The van der Waals surface area contributed by atoms with E-state index in [1.807, 2.05) is 6.26 Å². The summed E-state index contributed by atoms with van der Waals surface area (Å²) in [6.07, 6.45) is 1.87. The molecule has 0 atom stereocenters. The predicted molar refractivity (Wildman–Crippen MR) is 65.7 cm³/mol. The maximum atomic E-state index is 5.73. The van der Waals surface area contributed by atoms with Crippen molar-refractivity contribution in [1.29, 1.82) is 0 Å². The fourth-order valence-corrected chi connectivity index (χ4v) is 1.75. The van der Waals surface area contributed by atoms with Gasteiger partial charge in [0, 0.05) is 5.33 Å². The van der Waals surface area contributed by atoms with Crippen LogP contribution in [-0.2, 0) is 9.12 Å². The molecule has 1 aromatic heterocycles. The first-order valence-corrected chi connectivity index (χ1v) is 7.00. The van der Waals surface area contributed by atoms with Crippen molar-refractivity contribution in [2.75, 3.05) is 6.26 Å². The van der Waals surface area contributed by atoms with Gasteiger partial charge in [0.2, 0.25) is 3.79 Å². The largest absolute Gasteiger partial charge is 0.232 e. The van der Waals surface area contributed by atoms with Crippen molar-refractivity contribution in [2.45, 2.75) is 14.3 Å². The van der Waals surface area contributed by atoms with Gasteiger partial charge in [0.25, 0.3) is 0 Å². The summed E-state index contributed by atoms with van der Waals surface area (Å²) in [7, 11) is 0. The molecular formula is C7H6BrCl3N2S. The second-order valence-electron chi connectivity index (χ2n) is 2.36. The van der Waals surface area contributed by atoms with Crippen molar-refractivity contribution in [3.63, 3.8) is 0 Å². The van der Waals surface area contributed by atoms with Crippen LogP contribution in [0, 0.1) is 0 Å². The summed E-state index contributed by atoms with van der Waals surface area (Å²) in [5.41, 5.74) is 1.20. The summed E-state index contributed by atoms with van der Waals surface area (Å²) in [6, 6.07) is 1.67. The molecule has 0 aliphatic carbocycles. The van der Waals surface area contributed by atoms with E-state index >= 15 is 0 Å². The molecule has 14 heavy (non-hydrogen) atoms. The average molecular weight is 336 g/mol. The van der Waals surface area contributed by atoms with E-state index in [2.05, 4.69) is 25.9 Å². The van der Waals surface area contributed by atoms with Gasteiger partial charge in [-0.25, -0.2) is 9.97 Å². The van der Waals surface area contributed by atoms with Gasteiger partial charge in [0.05, 0.1) is 11.4 Å². The minimum atomic E-state index is -1.50. The van der Waals surface area contributed by atoms with Crippen molar-refractivity contribution in [3.8, 4) is 0 Å². The molecule has 0 radical (unpaired) electrons. The van der Waals surface area contributed by atoms with Crippen LogP contribution in [-0.4, -0.2) is 16.2 Å². The molecule has 0 saturated heterocycles. The molecule has 0 aromatic carbocycles. The van der Waals surface area contributed by atoms with E-state index in [9.17, 15) is 0 Å². The van der Waals surface area contributed by atoms with Gasteiger partial charge < -0.3 is 0 Å². The third kappa shape index (κ3) is 3.42. The summed E-state index contributed by atoms with van der Waals surface area (Å²) in [4.78, 5) is 8.32. The van der Waals surface area contributed by atoms with E-state index in [1.54, 1.807) is 6.07 Å². The molecule has 1 aromatic rings. The Hall–Kier alpha value is 0.780.